The lowest BCUT2D eigenvalue weighted by Gasteiger charge is -2.15. The van der Waals surface area contributed by atoms with E-state index in [1.54, 1.807) is 18.2 Å². The number of para-hydroxylation sites is 1. The van der Waals surface area contributed by atoms with Gasteiger partial charge in [-0.1, -0.05) is 30.3 Å². The Kier molecular flexibility index (Phi) is 5.66. The molecule has 0 saturated heterocycles. The van der Waals surface area contributed by atoms with Crippen molar-refractivity contribution in [3.8, 4) is 0 Å². The van der Waals surface area contributed by atoms with Crippen LogP contribution in [0.15, 0.2) is 60.8 Å². The van der Waals surface area contributed by atoms with Crippen molar-refractivity contribution >= 4 is 28.9 Å². The summed E-state index contributed by atoms with van der Waals surface area (Å²) in [7, 11) is 1.28. The summed E-state index contributed by atoms with van der Waals surface area (Å²) in [5.74, 6) is -1.31. The molecule has 0 aliphatic heterocycles. The molecular formula is C21H19FN2O3. The number of aromatic nitrogens is 1. The highest BCUT2D eigenvalue weighted by Crippen LogP contribution is 2.19. The normalized spacial score (nSPS) is 12.2. The van der Waals surface area contributed by atoms with Gasteiger partial charge in [0.25, 0.3) is 0 Å². The molecule has 3 aromatic rings. The molecular weight excluding hydrogens is 347 g/mol. The highest BCUT2D eigenvalue weighted by molar-refractivity contribution is 5.95. The van der Waals surface area contributed by atoms with Crippen LogP contribution >= 0.6 is 0 Å². The molecule has 6 heteroatoms. The van der Waals surface area contributed by atoms with Crippen LogP contribution in [0.3, 0.4) is 0 Å². The zero-order chi connectivity index (χ0) is 19.2. The molecule has 0 aliphatic rings. The van der Waals surface area contributed by atoms with Gasteiger partial charge in [-0.3, -0.25) is 4.79 Å². The fraction of sp³-hybridized carbons (Fsp3) is 0.143. The molecule has 27 heavy (non-hydrogen) atoms. The third-order valence-electron chi connectivity index (χ3n) is 4.20. The van der Waals surface area contributed by atoms with E-state index >= 15 is 0 Å². The zero-order valence-corrected chi connectivity index (χ0v) is 14.7. The Labute approximate surface area is 155 Å². The van der Waals surface area contributed by atoms with Gasteiger partial charge in [-0.05, 0) is 35.4 Å². The first-order chi connectivity index (χ1) is 13.1. The lowest BCUT2D eigenvalue weighted by molar-refractivity contribution is -0.144. The summed E-state index contributed by atoms with van der Waals surface area (Å²) in [6.07, 6.45) is 4.97. The average molecular weight is 366 g/mol. The summed E-state index contributed by atoms with van der Waals surface area (Å²) >= 11 is 0. The number of hydrogen-bond donors (Lipinski definition) is 2. The van der Waals surface area contributed by atoms with E-state index in [1.807, 2.05) is 30.5 Å². The number of benzene rings is 2. The van der Waals surface area contributed by atoms with Crippen LogP contribution in [-0.2, 0) is 20.7 Å². The Balaban J connectivity index is 1.72. The summed E-state index contributed by atoms with van der Waals surface area (Å²) in [5.41, 5.74) is 2.54. The second-order valence-electron chi connectivity index (χ2n) is 6.03. The first kappa shape index (κ1) is 18.4. The molecule has 0 radical (unpaired) electrons. The van der Waals surface area contributed by atoms with Crippen LogP contribution in [0.4, 0.5) is 4.39 Å². The van der Waals surface area contributed by atoms with Crippen molar-refractivity contribution in [1.82, 2.24) is 10.3 Å². The maximum Gasteiger partial charge on any atom is 0.328 e. The number of aromatic amines is 1. The van der Waals surface area contributed by atoms with E-state index in [0.29, 0.717) is 12.0 Å². The van der Waals surface area contributed by atoms with Crippen molar-refractivity contribution in [2.24, 2.45) is 0 Å². The largest absolute Gasteiger partial charge is 0.467 e. The predicted octanol–water partition coefficient (Wildman–Crippen LogP) is 3.22. The van der Waals surface area contributed by atoms with Crippen molar-refractivity contribution in [1.29, 1.82) is 0 Å². The van der Waals surface area contributed by atoms with E-state index in [0.717, 1.165) is 16.5 Å². The van der Waals surface area contributed by atoms with Gasteiger partial charge in [0.15, 0.2) is 0 Å². The number of rotatable bonds is 6. The van der Waals surface area contributed by atoms with E-state index in [-0.39, 0.29) is 5.82 Å². The minimum atomic E-state index is -0.820. The maximum atomic E-state index is 12.9. The first-order valence-electron chi connectivity index (χ1n) is 8.44. The molecule has 1 atom stereocenters. The predicted molar refractivity (Wildman–Crippen MR) is 101 cm³/mol. The van der Waals surface area contributed by atoms with Crippen molar-refractivity contribution in [3.05, 3.63) is 77.7 Å². The number of carbonyl (C=O) groups excluding carboxylic acids is 2. The highest BCUT2D eigenvalue weighted by atomic mass is 19.1. The molecule has 2 N–H and O–H groups in total. The van der Waals surface area contributed by atoms with Gasteiger partial charge in [0.2, 0.25) is 5.91 Å². The molecule has 1 amide bonds. The van der Waals surface area contributed by atoms with Crippen LogP contribution in [0, 0.1) is 5.82 Å². The Bertz CT molecular complexity index is 977. The quantitative estimate of drug-likeness (QED) is 0.520. The first-order valence-corrected chi connectivity index (χ1v) is 8.44. The van der Waals surface area contributed by atoms with Crippen molar-refractivity contribution in [2.45, 2.75) is 12.5 Å². The molecule has 0 aliphatic carbocycles. The summed E-state index contributed by atoms with van der Waals surface area (Å²) in [6, 6.07) is 12.6. The third kappa shape index (κ3) is 4.61. The summed E-state index contributed by atoms with van der Waals surface area (Å²) in [6.45, 7) is 0. The molecule has 0 bridgehead atoms. The molecule has 0 unspecified atom stereocenters. The number of hydrogen-bond acceptors (Lipinski definition) is 3. The topological polar surface area (TPSA) is 71.2 Å². The standard InChI is InChI=1S/C21H19FN2O3/c1-27-21(26)19(12-15-13-23-18-5-3-2-4-17(15)18)24-20(25)11-8-14-6-9-16(22)10-7-14/h2-11,13,19,23H,12H2,1H3,(H,24,25)/b11-8+/t19-/m1/s1. The number of esters is 1. The molecule has 1 heterocycles. The summed E-state index contributed by atoms with van der Waals surface area (Å²) < 4.78 is 17.7. The van der Waals surface area contributed by atoms with E-state index in [2.05, 4.69) is 10.3 Å². The number of carbonyl (C=O) groups is 2. The van der Waals surface area contributed by atoms with Gasteiger partial charge < -0.3 is 15.0 Å². The minimum Gasteiger partial charge on any atom is -0.467 e. The van der Waals surface area contributed by atoms with E-state index in [9.17, 15) is 14.0 Å². The SMILES string of the molecule is COC(=O)[C@@H](Cc1c[nH]c2ccccc12)NC(=O)/C=C/c1ccc(F)cc1. The fourth-order valence-electron chi connectivity index (χ4n) is 2.82. The number of halogens is 1. The van der Waals surface area contributed by atoms with Crippen molar-refractivity contribution in [3.63, 3.8) is 0 Å². The van der Waals surface area contributed by atoms with Gasteiger partial charge in [0.05, 0.1) is 7.11 Å². The van der Waals surface area contributed by atoms with Gasteiger partial charge in [-0.15, -0.1) is 0 Å². The molecule has 2 aromatic carbocycles. The second kappa shape index (κ2) is 8.31. The van der Waals surface area contributed by atoms with E-state index in [4.69, 9.17) is 4.74 Å². The van der Waals surface area contributed by atoms with Gasteiger partial charge in [0.1, 0.15) is 11.9 Å². The molecule has 1 aromatic heterocycles. The average Bonchev–Trinajstić information content (AvgIpc) is 3.09. The Morgan fingerprint density at radius 2 is 1.93 bits per heavy atom. The second-order valence-corrected chi connectivity index (χ2v) is 6.03. The van der Waals surface area contributed by atoms with Crippen molar-refractivity contribution < 1.29 is 18.7 Å². The lowest BCUT2D eigenvalue weighted by atomic mass is 10.0. The van der Waals surface area contributed by atoms with E-state index in [1.165, 1.54) is 25.3 Å². The number of fused-ring (bicyclic) bond motifs is 1. The Morgan fingerprint density at radius 3 is 2.67 bits per heavy atom. The molecule has 0 spiro atoms. The van der Waals surface area contributed by atoms with Crippen LogP contribution in [0.2, 0.25) is 0 Å². The number of ether oxygens (including phenoxy) is 1. The van der Waals surface area contributed by atoms with Crippen LogP contribution in [0.1, 0.15) is 11.1 Å². The smallest absolute Gasteiger partial charge is 0.328 e. The van der Waals surface area contributed by atoms with Gasteiger partial charge >= 0.3 is 5.97 Å². The van der Waals surface area contributed by atoms with Crippen LogP contribution in [-0.4, -0.2) is 30.0 Å². The minimum absolute atomic E-state index is 0.298. The van der Waals surface area contributed by atoms with Gasteiger partial charge in [0, 0.05) is 29.6 Å². The fourth-order valence-corrected chi connectivity index (χ4v) is 2.82. The lowest BCUT2D eigenvalue weighted by Crippen LogP contribution is -2.42. The number of H-pyrrole nitrogens is 1. The third-order valence-corrected chi connectivity index (χ3v) is 4.20. The number of nitrogens with one attached hydrogen (secondary N) is 2. The molecule has 138 valence electrons. The molecule has 3 rings (SSSR count). The summed E-state index contributed by atoms with van der Waals surface area (Å²) in [5, 5.41) is 3.65. The van der Waals surface area contributed by atoms with Gasteiger partial charge in [-0.25, -0.2) is 9.18 Å². The highest BCUT2D eigenvalue weighted by Gasteiger charge is 2.22. The van der Waals surface area contributed by atoms with Crippen LogP contribution in [0.25, 0.3) is 17.0 Å². The Morgan fingerprint density at radius 1 is 1.19 bits per heavy atom. The number of amides is 1. The molecule has 0 saturated carbocycles. The van der Waals surface area contributed by atoms with Crippen LogP contribution < -0.4 is 5.32 Å². The Hall–Kier alpha value is -3.41. The van der Waals surface area contributed by atoms with Crippen molar-refractivity contribution in [2.75, 3.05) is 7.11 Å². The van der Waals surface area contributed by atoms with Gasteiger partial charge in [-0.2, -0.15) is 0 Å². The number of methoxy groups -OCH3 is 1. The molecule has 5 nitrogen and oxygen atoms in total. The maximum absolute atomic E-state index is 12.9. The summed E-state index contributed by atoms with van der Waals surface area (Å²) in [4.78, 5) is 27.5. The monoisotopic (exact) mass is 366 g/mol. The van der Waals surface area contributed by atoms with Crippen LogP contribution in [0.5, 0.6) is 0 Å². The van der Waals surface area contributed by atoms with E-state index < -0.39 is 17.9 Å². The molecule has 0 fully saturated rings. The zero-order valence-electron chi connectivity index (χ0n) is 14.7.